The Bertz CT molecular complexity index is 807. The molecule has 1 atom stereocenters. The lowest BCUT2D eigenvalue weighted by molar-refractivity contribution is -0.363. The second kappa shape index (κ2) is 8.81. The summed E-state index contributed by atoms with van der Waals surface area (Å²) in [4.78, 5) is 18.2. The van der Waals surface area contributed by atoms with Crippen molar-refractivity contribution in [3.05, 3.63) is 90.6 Å². The lowest BCUT2D eigenvalue weighted by Gasteiger charge is -2.21. The quantitative estimate of drug-likeness (QED) is 0.651. The molecule has 1 aromatic heterocycles. The van der Waals surface area contributed by atoms with Crippen LogP contribution in [-0.2, 0) is 11.3 Å². The summed E-state index contributed by atoms with van der Waals surface area (Å²) < 4.78 is 5.96. The average molecular weight is 347 g/mol. The highest BCUT2D eigenvalue weighted by atomic mass is 16.5. The van der Waals surface area contributed by atoms with Crippen molar-refractivity contribution in [3.63, 3.8) is 0 Å². The highest BCUT2D eigenvalue weighted by molar-refractivity contribution is 5.95. The molecule has 4 heteroatoms. The number of pyridine rings is 1. The first kappa shape index (κ1) is 17.7. The van der Waals surface area contributed by atoms with Gasteiger partial charge in [-0.25, -0.2) is 9.78 Å². The van der Waals surface area contributed by atoms with E-state index in [0.717, 1.165) is 11.4 Å². The van der Waals surface area contributed by atoms with Crippen molar-refractivity contribution in [2.45, 2.75) is 26.0 Å². The Hall–Kier alpha value is -3.14. The number of para-hydroxylation sites is 1. The van der Waals surface area contributed by atoms with E-state index in [4.69, 9.17) is 4.74 Å². The smallest absolute Gasteiger partial charge is 0.350 e. The normalized spacial score (nSPS) is 11.6. The molecule has 0 fully saturated rings. The molecular formula is C22H23N2O2+. The number of hydrogen-bond donors (Lipinski definition) is 0. The summed E-state index contributed by atoms with van der Waals surface area (Å²) in [5.74, 6) is 1.38. The van der Waals surface area contributed by atoms with E-state index in [1.54, 1.807) is 4.90 Å². The number of benzene rings is 2. The largest absolute Gasteiger partial charge is 0.478 e. The molecule has 3 aromatic rings. The second-order valence-electron chi connectivity index (χ2n) is 5.99. The predicted octanol–water partition coefficient (Wildman–Crippen LogP) is 3.89. The van der Waals surface area contributed by atoms with Crippen LogP contribution in [0.4, 0.5) is 5.82 Å². The number of H-pyrrole nitrogens is 1. The highest BCUT2D eigenvalue weighted by Crippen LogP contribution is 2.18. The first-order valence-corrected chi connectivity index (χ1v) is 8.81. The van der Waals surface area contributed by atoms with E-state index in [-0.39, 0.29) is 5.91 Å². The topological polar surface area (TPSA) is 43.7 Å². The van der Waals surface area contributed by atoms with Crippen molar-refractivity contribution in [3.8, 4) is 5.75 Å². The van der Waals surface area contributed by atoms with Crippen LogP contribution in [0.1, 0.15) is 18.9 Å². The minimum absolute atomic E-state index is 0.0670. The van der Waals surface area contributed by atoms with Gasteiger partial charge in [-0.15, -0.1) is 0 Å². The number of amides is 1. The number of aromatic amines is 1. The van der Waals surface area contributed by atoms with Gasteiger partial charge in [0.2, 0.25) is 0 Å². The summed E-state index contributed by atoms with van der Waals surface area (Å²) in [5.41, 5.74) is 1.06. The standard InChI is InChI=1S/C22H22N2O2/c1-2-20(26-19-13-7-4-8-14-19)22(25)24(21-15-9-10-16-23-21)17-18-11-5-3-6-12-18/h3-16,20H,2,17H2,1H3/p+1. The van der Waals surface area contributed by atoms with Gasteiger partial charge in [0.1, 0.15) is 12.3 Å². The fourth-order valence-corrected chi connectivity index (χ4v) is 2.75. The molecule has 0 radical (unpaired) electrons. The third-order valence-corrected chi connectivity index (χ3v) is 4.10. The van der Waals surface area contributed by atoms with Gasteiger partial charge in [-0.3, -0.25) is 0 Å². The number of carbonyl (C=O) groups is 1. The van der Waals surface area contributed by atoms with Gasteiger partial charge in [0.25, 0.3) is 5.82 Å². The zero-order chi connectivity index (χ0) is 18.2. The number of nitrogens with zero attached hydrogens (tertiary/aromatic N) is 1. The number of nitrogens with one attached hydrogen (secondary N) is 1. The first-order chi connectivity index (χ1) is 12.8. The number of hydrogen-bond acceptors (Lipinski definition) is 2. The Balaban J connectivity index is 1.85. The van der Waals surface area contributed by atoms with Crippen LogP contribution in [0.15, 0.2) is 85.1 Å². The van der Waals surface area contributed by atoms with Gasteiger partial charge in [-0.05, 0) is 30.2 Å². The molecule has 1 heterocycles. The zero-order valence-electron chi connectivity index (χ0n) is 14.8. The third kappa shape index (κ3) is 4.48. The zero-order valence-corrected chi connectivity index (χ0v) is 14.8. The van der Waals surface area contributed by atoms with E-state index in [1.807, 2.05) is 92.0 Å². The Morgan fingerprint density at radius 2 is 1.62 bits per heavy atom. The molecule has 0 spiro atoms. The summed E-state index contributed by atoms with van der Waals surface area (Å²) in [6.45, 7) is 2.44. The van der Waals surface area contributed by atoms with Gasteiger partial charge >= 0.3 is 5.91 Å². The summed E-state index contributed by atoms with van der Waals surface area (Å²) in [5, 5.41) is 0. The monoisotopic (exact) mass is 347 g/mol. The molecule has 3 rings (SSSR count). The average Bonchev–Trinajstić information content (AvgIpc) is 2.72. The molecule has 0 aliphatic rings. The summed E-state index contributed by atoms with van der Waals surface area (Å²) in [7, 11) is 0. The fraction of sp³-hybridized carbons (Fsp3) is 0.182. The van der Waals surface area contributed by atoms with Crippen LogP contribution in [-0.4, -0.2) is 12.0 Å². The first-order valence-electron chi connectivity index (χ1n) is 8.81. The van der Waals surface area contributed by atoms with Gasteiger partial charge in [-0.1, -0.05) is 61.5 Å². The van der Waals surface area contributed by atoms with E-state index in [1.165, 1.54) is 0 Å². The summed E-state index contributed by atoms with van der Waals surface area (Å²) in [6, 6.07) is 25.1. The maximum atomic E-state index is 13.3. The Kier molecular flexibility index (Phi) is 5.99. The number of anilines is 1. The number of carbonyl (C=O) groups excluding carboxylic acids is 1. The number of rotatable bonds is 7. The molecule has 0 saturated heterocycles. The number of ether oxygens (including phenoxy) is 1. The van der Waals surface area contributed by atoms with Crippen LogP contribution in [0.25, 0.3) is 0 Å². The molecule has 26 heavy (non-hydrogen) atoms. The van der Waals surface area contributed by atoms with Crippen LogP contribution in [0.2, 0.25) is 0 Å². The highest BCUT2D eigenvalue weighted by Gasteiger charge is 2.32. The van der Waals surface area contributed by atoms with Crippen LogP contribution in [0.5, 0.6) is 5.75 Å². The van der Waals surface area contributed by atoms with E-state index in [9.17, 15) is 4.79 Å². The van der Waals surface area contributed by atoms with E-state index in [0.29, 0.717) is 18.7 Å². The SMILES string of the molecule is CCC(Oc1ccccc1)C(=O)N(Cc1ccccc1)c1cccc[nH+]1. The Morgan fingerprint density at radius 3 is 2.23 bits per heavy atom. The van der Waals surface area contributed by atoms with Crippen LogP contribution in [0, 0.1) is 0 Å². The van der Waals surface area contributed by atoms with Crippen molar-refractivity contribution < 1.29 is 14.5 Å². The molecule has 0 aliphatic heterocycles. The molecule has 0 saturated carbocycles. The fourth-order valence-electron chi connectivity index (χ4n) is 2.75. The van der Waals surface area contributed by atoms with E-state index >= 15 is 0 Å². The molecule has 132 valence electrons. The third-order valence-electron chi connectivity index (χ3n) is 4.10. The lowest BCUT2D eigenvalue weighted by Crippen LogP contribution is -2.43. The molecule has 1 unspecified atom stereocenters. The summed E-state index contributed by atoms with van der Waals surface area (Å²) in [6.07, 6.45) is 1.86. The molecule has 2 aromatic carbocycles. The Labute approximate surface area is 154 Å². The van der Waals surface area contributed by atoms with E-state index in [2.05, 4.69) is 4.98 Å². The van der Waals surface area contributed by atoms with Gasteiger partial charge < -0.3 is 4.74 Å². The molecule has 4 nitrogen and oxygen atoms in total. The van der Waals surface area contributed by atoms with Gasteiger partial charge in [0.15, 0.2) is 6.10 Å². The molecule has 0 aliphatic carbocycles. The van der Waals surface area contributed by atoms with Crippen LogP contribution >= 0.6 is 0 Å². The van der Waals surface area contributed by atoms with Crippen molar-refractivity contribution in [1.82, 2.24) is 0 Å². The van der Waals surface area contributed by atoms with Crippen LogP contribution in [0.3, 0.4) is 0 Å². The van der Waals surface area contributed by atoms with Crippen molar-refractivity contribution in [2.75, 3.05) is 4.90 Å². The van der Waals surface area contributed by atoms with Gasteiger partial charge in [0, 0.05) is 6.07 Å². The molecule has 0 bridgehead atoms. The lowest BCUT2D eigenvalue weighted by atomic mass is 10.1. The minimum Gasteiger partial charge on any atom is -0.478 e. The molecule has 1 N–H and O–H groups in total. The van der Waals surface area contributed by atoms with Gasteiger partial charge in [-0.2, -0.15) is 4.90 Å². The molecule has 1 amide bonds. The van der Waals surface area contributed by atoms with Crippen molar-refractivity contribution in [2.24, 2.45) is 0 Å². The maximum Gasteiger partial charge on any atom is 0.350 e. The van der Waals surface area contributed by atoms with Crippen LogP contribution < -0.4 is 14.6 Å². The maximum absolute atomic E-state index is 13.3. The molecular weight excluding hydrogens is 324 g/mol. The van der Waals surface area contributed by atoms with Crippen molar-refractivity contribution in [1.29, 1.82) is 0 Å². The van der Waals surface area contributed by atoms with E-state index < -0.39 is 6.10 Å². The number of aromatic nitrogens is 1. The predicted molar refractivity (Wildman–Crippen MR) is 102 cm³/mol. The van der Waals surface area contributed by atoms with Crippen molar-refractivity contribution >= 4 is 11.7 Å². The summed E-state index contributed by atoms with van der Waals surface area (Å²) >= 11 is 0. The Morgan fingerprint density at radius 1 is 0.962 bits per heavy atom. The van der Waals surface area contributed by atoms with Gasteiger partial charge in [0.05, 0.1) is 6.20 Å². The minimum atomic E-state index is -0.547. The second-order valence-corrected chi connectivity index (χ2v) is 5.99.